The minimum atomic E-state index is -0.782. The quantitative estimate of drug-likeness (QED) is 0.802. The van der Waals surface area contributed by atoms with Crippen molar-refractivity contribution in [2.75, 3.05) is 0 Å². The zero-order valence-electron chi connectivity index (χ0n) is 12.2. The second kappa shape index (κ2) is 6.20. The maximum Gasteiger partial charge on any atom is 0.306 e. The molecular formula is C16H16ClFN2O3. The number of carbonyl (C=O) groups is 2. The maximum absolute atomic E-state index is 13.3. The fraction of sp³-hybridized carbons (Fsp3) is 0.375. The van der Waals surface area contributed by atoms with Crippen LogP contribution in [0.25, 0.3) is 10.9 Å². The first-order valence-electron chi connectivity index (χ1n) is 7.46. The molecule has 1 fully saturated rings. The van der Waals surface area contributed by atoms with Crippen LogP contribution in [0.1, 0.15) is 36.2 Å². The van der Waals surface area contributed by atoms with Crippen LogP contribution in [0.4, 0.5) is 4.39 Å². The van der Waals surface area contributed by atoms with Crippen molar-refractivity contribution >= 4 is 34.4 Å². The van der Waals surface area contributed by atoms with Gasteiger partial charge in [0.25, 0.3) is 5.91 Å². The van der Waals surface area contributed by atoms with Gasteiger partial charge in [0.1, 0.15) is 11.5 Å². The van der Waals surface area contributed by atoms with Crippen molar-refractivity contribution in [2.45, 2.75) is 31.7 Å². The molecule has 1 aromatic carbocycles. The van der Waals surface area contributed by atoms with E-state index in [9.17, 15) is 14.0 Å². The minimum Gasteiger partial charge on any atom is -0.481 e. The Balaban J connectivity index is 1.72. The number of hydrogen-bond donors (Lipinski definition) is 3. The highest BCUT2D eigenvalue weighted by Crippen LogP contribution is 2.29. The number of carboxylic acid groups (broad SMARTS) is 1. The third-order valence-corrected chi connectivity index (χ3v) is 4.73. The predicted octanol–water partition coefficient (Wildman–Crippen LogP) is 3.33. The summed E-state index contributed by atoms with van der Waals surface area (Å²) in [5, 5.41) is 12.5. The van der Waals surface area contributed by atoms with Crippen molar-refractivity contribution in [3.63, 3.8) is 0 Å². The van der Waals surface area contributed by atoms with Crippen LogP contribution < -0.4 is 5.32 Å². The molecule has 0 aliphatic heterocycles. The van der Waals surface area contributed by atoms with Crippen LogP contribution in [0.3, 0.4) is 0 Å². The molecule has 1 amide bonds. The van der Waals surface area contributed by atoms with E-state index in [4.69, 9.17) is 16.7 Å². The number of nitrogens with one attached hydrogen (secondary N) is 2. The number of H-pyrrole nitrogens is 1. The van der Waals surface area contributed by atoms with Gasteiger partial charge in [0.2, 0.25) is 0 Å². The lowest BCUT2D eigenvalue weighted by atomic mass is 9.86. The average molecular weight is 339 g/mol. The molecule has 0 unspecified atom stereocenters. The summed E-state index contributed by atoms with van der Waals surface area (Å²) in [6, 6.07) is 4.04. The van der Waals surface area contributed by atoms with Crippen molar-refractivity contribution in [2.24, 2.45) is 5.92 Å². The standard InChI is InChI=1S/C16H16ClFN2O3/c17-13-11-7-9(18)3-6-12(11)20-14(13)15(21)19-10-4-1-8(2-5-10)16(22)23/h3,6-8,10,20H,1-2,4-5H2,(H,19,21)(H,22,23). The van der Waals surface area contributed by atoms with Crippen molar-refractivity contribution < 1.29 is 19.1 Å². The Morgan fingerprint density at radius 3 is 2.61 bits per heavy atom. The van der Waals surface area contributed by atoms with Crippen LogP contribution in [-0.4, -0.2) is 28.0 Å². The Hall–Kier alpha value is -2.08. The van der Waals surface area contributed by atoms with Crippen molar-refractivity contribution in [1.82, 2.24) is 10.3 Å². The third-order valence-electron chi connectivity index (χ3n) is 4.34. The summed E-state index contributed by atoms with van der Waals surface area (Å²) in [4.78, 5) is 26.2. The topological polar surface area (TPSA) is 82.2 Å². The molecule has 1 saturated carbocycles. The van der Waals surface area contributed by atoms with Gasteiger partial charge in [-0.15, -0.1) is 0 Å². The fourth-order valence-electron chi connectivity index (χ4n) is 3.03. The van der Waals surface area contributed by atoms with E-state index in [1.54, 1.807) is 0 Å². The van der Waals surface area contributed by atoms with Gasteiger partial charge in [0.15, 0.2) is 0 Å². The minimum absolute atomic E-state index is 0.0719. The maximum atomic E-state index is 13.3. The zero-order valence-corrected chi connectivity index (χ0v) is 13.0. The second-order valence-corrected chi connectivity index (χ2v) is 6.24. The van der Waals surface area contributed by atoms with Crippen LogP contribution in [0, 0.1) is 11.7 Å². The molecule has 0 bridgehead atoms. The number of fused-ring (bicyclic) bond motifs is 1. The van der Waals surface area contributed by atoms with Gasteiger partial charge in [-0.05, 0) is 43.9 Å². The van der Waals surface area contributed by atoms with Crippen molar-refractivity contribution in [3.8, 4) is 0 Å². The van der Waals surface area contributed by atoms with Gasteiger partial charge in [-0.1, -0.05) is 11.6 Å². The largest absolute Gasteiger partial charge is 0.481 e. The summed E-state index contributed by atoms with van der Waals surface area (Å²) in [6.45, 7) is 0. The fourth-order valence-corrected chi connectivity index (χ4v) is 3.32. The lowest BCUT2D eigenvalue weighted by Crippen LogP contribution is -2.38. The molecule has 7 heteroatoms. The van der Waals surface area contributed by atoms with Crippen LogP contribution in [-0.2, 0) is 4.79 Å². The molecular weight excluding hydrogens is 323 g/mol. The van der Waals surface area contributed by atoms with E-state index in [1.165, 1.54) is 18.2 Å². The number of aromatic amines is 1. The Morgan fingerprint density at radius 2 is 1.96 bits per heavy atom. The van der Waals surface area contributed by atoms with Gasteiger partial charge >= 0.3 is 5.97 Å². The molecule has 2 aromatic rings. The average Bonchev–Trinajstić information content (AvgIpc) is 2.85. The van der Waals surface area contributed by atoms with Gasteiger partial charge in [0.05, 0.1) is 10.9 Å². The van der Waals surface area contributed by atoms with E-state index in [2.05, 4.69) is 10.3 Å². The number of benzene rings is 1. The molecule has 5 nitrogen and oxygen atoms in total. The summed E-state index contributed by atoms with van der Waals surface area (Å²) in [5.74, 6) is -1.89. The highest BCUT2D eigenvalue weighted by Gasteiger charge is 2.27. The molecule has 0 radical (unpaired) electrons. The highest BCUT2D eigenvalue weighted by atomic mass is 35.5. The molecule has 23 heavy (non-hydrogen) atoms. The van der Waals surface area contributed by atoms with E-state index in [1.807, 2.05) is 0 Å². The van der Waals surface area contributed by atoms with Crippen LogP contribution in [0.5, 0.6) is 0 Å². The van der Waals surface area contributed by atoms with Crippen molar-refractivity contribution in [3.05, 3.63) is 34.7 Å². The number of amides is 1. The van der Waals surface area contributed by atoms with Gasteiger partial charge in [-0.25, -0.2) is 4.39 Å². The van der Waals surface area contributed by atoms with Gasteiger partial charge in [-0.3, -0.25) is 9.59 Å². The third kappa shape index (κ3) is 3.17. The van der Waals surface area contributed by atoms with E-state index in [0.717, 1.165) is 0 Å². The SMILES string of the molecule is O=C(NC1CCC(C(=O)O)CC1)c1[nH]c2ccc(F)cc2c1Cl. The van der Waals surface area contributed by atoms with Crippen LogP contribution in [0.15, 0.2) is 18.2 Å². The zero-order chi connectivity index (χ0) is 16.6. The predicted molar refractivity (Wildman–Crippen MR) is 84.1 cm³/mol. The number of aliphatic carboxylic acids is 1. The first-order valence-corrected chi connectivity index (χ1v) is 7.84. The molecule has 3 rings (SSSR count). The lowest BCUT2D eigenvalue weighted by Gasteiger charge is -2.26. The Bertz CT molecular complexity index is 766. The first kappa shape index (κ1) is 15.8. The van der Waals surface area contributed by atoms with E-state index in [-0.39, 0.29) is 28.6 Å². The first-order chi connectivity index (χ1) is 11.0. The van der Waals surface area contributed by atoms with Crippen LogP contribution >= 0.6 is 11.6 Å². The lowest BCUT2D eigenvalue weighted by molar-refractivity contribution is -0.142. The smallest absolute Gasteiger partial charge is 0.306 e. The van der Waals surface area contributed by atoms with Gasteiger partial charge in [0, 0.05) is 16.9 Å². The Labute approximate surface area is 136 Å². The van der Waals surface area contributed by atoms with Crippen molar-refractivity contribution in [1.29, 1.82) is 0 Å². The molecule has 1 heterocycles. The Morgan fingerprint density at radius 1 is 1.26 bits per heavy atom. The number of carbonyl (C=O) groups excluding carboxylic acids is 1. The van der Waals surface area contributed by atoms with Gasteiger partial charge in [-0.2, -0.15) is 0 Å². The number of aromatic nitrogens is 1. The molecule has 0 atom stereocenters. The summed E-state index contributed by atoms with van der Waals surface area (Å²) < 4.78 is 13.3. The number of hydrogen-bond acceptors (Lipinski definition) is 2. The van der Waals surface area contributed by atoms with Crippen LogP contribution in [0.2, 0.25) is 5.02 Å². The number of carboxylic acids is 1. The summed E-state index contributed by atoms with van der Waals surface area (Å²) in [6.07, 6.45) is 2.34. The number of rotatable bonds is 3. The highest BCUT2D eigenvalue weighted by molar-refractivity contribution is 6.38. The summed E-state index contributed by atoms with van der Waals surface area (Å²) >= 11 is 6.17. The molecule has 1 aliphatic rings. The second-order valence-electron chi connectivity index (χ2n) is 5.86. The van der Waals surface area contributed by atoms with Gasteiger partial charge < -0.3 is 15.4 Å². The van der Waals surface area contributed by atoms with E-state index >= 15 is 0 Å². The molecule has 122 valence electrons. The monoisotopic (exact) mass is 338 g/mol. The molecule has 0 spiro atoms. The molecule has 1 aliphatic carbocycles. The number of halogens is 2. The molecule has 0 saturated heterocycles. The normalized spacial score (nSPS) is 21.3. The summed E-state index contributed by atoms with van der Waals surface area (Å²) in [5.41, 5.74) is 0.795. The van der Waals surface area contributed by atoms with E-state index in [0.29, 0.717) is 36.6 Å². The molecule has 3 N–H and O–H groups in total. The Kier molecular flexibility index (Phi) is 4.26. The van der Waals surface area contributed by atoms with E-state index < -0.39 is 11.8 Å². The summed E-state index contributed by atoms with van der Waals surface area (Å²) in [7, 11) is 0. The molecule has 1 aromatic heterocycles.